The average Bonchev–Trinajstić information content (AvgIpc) is 1.97. The fourth-order valence-corrected chi connectivity index (χ4v) is 1.21. The van der Waals surface area contributed by atoms with Crippen LogP contribution in [-0.4, -0.2) is 13.9 Å². The van der Waals surface area contributed by atoms with Gasteiger partial charge in [-0.05, 0) is 34.8 Å². The van der Waals surface area contributed by atoms with Crippen molar-refractivity contribution in [3.05, 3.63) is 15.5 Å². The number of hydrogen-bond donors (Lipinski definition) is 0. The van der Waals surface area contributed by atoms with E-state index in [0.29, 0.717) is 0 Å². The Balaban J connectivity index is 3.04. The minimum Gasteiger partial charge on any atom is -0.425 e. The lowest BCUT2D eigenvalue weighted by atomic mass is 10.7. The van der Waals surface area contributed by atoms with Gasteiger partial charge >= 0.3 is 3.98 Å². The summed E-state index contributed by atoms with van der Waals surface area (Å²) in [6.45, 7) is 0. The monoisotopic (exact) mass is 314 g/mol. The van der Waals surface area contributed by atoms with Crippen molar-refractivity contribution in [2.45, 2.75) is 3.98 Å². The lowest BCUT2D eigenvalue weighted by molar-refractivity contribution is 0.306. The first-order valence-electron chi connectivity index (χ1n) is 2.94. The van der Waals surface area contributed by atoms with Gasteiger partial charge in [0.2, 0.25) is 0 Å². The average molecular weight is 317 g/mol. The van der Waals surface area contributed by atoms with Gasteiger partial charge in [-0.3, -0.25) is 0 Å². The normalized spacial score (nSPS) is 11.6. The van der Waals surface area contributed by atoms with Crippen LogP contribution in [0.1, 0.15) is 0 Å². The van der Waals surface area contributed by atoms with E-state index in [9.17, 15) is 0 Å². The van der Waals surface area contributed by atoms with E-state index < -0.39 is 3.98 Å². The number of nitrogens with zero attached hydrogens (tertiary/aromatic N) is 2. The van der Waals surface area contributed by atoms with Crippen LogP contribution in [0.15, 0.2) is 0 Å². The predicted molar refractivity (Wildman–Crippen MR) is 58.0 cm³/mol. The summed E-state index contributed by atoms with van der Waals surface area (Å²) in [5.74, 6) is -0.207. The van der Waals surface area contributed by atoms with E-state index in [4.69, 9.17) is 74.3 Å². The molecule has 78 valence electrons. The van der Waals surface area contributed by atoms with Gasteiger partial charge in [0, 0.05) is 0 Å². The van der Waals surface area contributed by atoms with Gasteiger partial charge in [0.05, 0.1) is 0 Å². The van der Waals surface area contributed by atoms with Crippen LogP contribution in [0.25, 0.3) is 0 Å². The molecule has 0 bridgehead atoms. The summed E-state index contributed by atoms with van der Waals surface area (Å²) in [6, 6.07) is 0. The summed E-state index contributed by atoms with van der Waals surface area (Å²) in [5.41, 5.74) is 0. The van der Waals surface area contributed by atoms with Crippen molar-refractivity contribution in [1.82, 2.24) is 9.97 Å². The van der Waals surface area contributed by atoms with Gasteiger partial charge in [0.15, 0.2) is 15.5 Å². The second-order valence-corrected chi connectivity index (χ2v) is 5.20. The van der Waals surface area contributed by atoms with Crippen molar-refractivity contribution in [2.75, 3.05) is 0 Å². The standard InChI is InChI=1S/C5Cl6N2O/c6-1-2(7)13-4(3(8)12-1)14-5(9,10)11. The Hall–Kier alpha value is 0.620. The predicted octanol–water partition coefficient (Wildman–Crippen LogP) is 4.14. The van der Waals surface area contributed by atoms with Gasteiger partial charge in [-0.25, -0.2) is 4.98 Å². The zero-order chi connectivity index (χ0) is 10.9. The molecule has 1 aromatic rings. The minimum atomic E-state index is -1.99. The maximum atomic E-state index is 5.59. The molecule has 0 saturated heterocycles. The summed E-state index contributed by atoms with van der Waals surface area (Å²) < 4.78 is 2.73. The van der Waals surface area contributed by atoms with Gasteiger partial charge in [0.25, 0.3) is 5.88 Å². The Morgan fingerprint density at radius 3 is 1.86 bits per heavy atom. The second-order valence-electron chi connectivity index (χ2n) is 1.95. The smallest absolute Gasteiger partial charge is 0.339 e. The molecular weight excluding hydrogens is 317 g/mol. The van der Waals surface area contributed by atoms with E-state index in [2.05, 4.69) is 9.97 Å². The maximum absolute atomic E-state index is 5.59. The molecule has 1 rings (SSSR count). The zero-order valence-corrected chi connectivity index (χ0v) is 10.6. The highest BCUT2D eigenvalue weighted by molar-refractivity contribution is 6.66. The highest BCUT2D eigenvalue weighted by Crippen LogP contribution is 2.34. The molecule has 0 aromatic carbocycles. The molecule has 9 heteroatoms. The number of ether oxygens (including phenoxy) is 1. The minimum absolute atomic E-state index is 0.0617. The quantitative estimate of drug-likeness (QED) is 0.730. The van der Waals surface area contributed by atoms with Gasteiger partial charge in [-0.15, -0.1) is 0 Å². The van der Waals surface area contributed by atoms with Crippen molar-refractivity contribution < 1.29 is 4.74 Å². The van der Waals surface area contributed by atoms with E-state index >= 15 is 0 Å². The van der Waals surface area contributed by atoms with Crippen molar-refractivity contribution in [2.24, 2.45) is 0 Å². The molecule has 0 N–H and O–H groups in total. The van der Waals surface area contributed by atoms with Crippen LogP contribution < -0.4 is 4.74 Å². The molecule has 0 radical (unpaired) electrons. The molecule has 0 aliphatic carbocycles. The van der Waals surface area contributed by atoms with Gasteiger partial charge in [0.1, 0.15) is 0 Å². The number of alkyl halides is 3. The van der Waals surface area contributed by atoms with Crippen LogP contribution in [0.4, 0.5) is 0 Å². The molecule has 0 unspecified atom stereocenters. The van der Waals surface area contributed by atoms with E-state index in [-0.39, 0.29) is 21.3 Å². The zero-order valence-electron chi connectivity index (χ0n) is 6.07. The Morgan fingerprint density at radius 1 is 0.857 bits per heavy atom. The maximum Gasteiger partial charge on any atom is 0.339 e. The molecule has 1 heterocycles. The fraction of sp³-hybridized carbons (Fsp3) is 0.200. The topological polar surface area (TPSA) is 35.0 Å². The van der Waals surface area contributed by atoms with Gasteiger partial charge in [-0.2, -0.15) is 4.98 Å². The molecule has 3 nitrogen and oxygen atoms in total. The molecule has 0 fully saturated rings. The molecule has 0 aliphatic rings. The lowest BCUT2D eigenvalue weighted by Gasteiger charge is -2.13. The van der Waals surface area contributed by atoms with Crippen LogP contribution in [0.3, 0.4) is 0 Å². The Kier molecular flexibility index (Phi) is 4.21. The second kappa shape index (κ2) is 4.64. The molecule has 0 spiro atoms. The molecule has 0 atom stereocenters. The Bertz CT molecular complexity index is 351. The first-order valence-corrected chi connectivity index (χ1v) is 5.20. The van der Waals surface area contributed by atoms with E-state index in [1.54, 1.807) is 0 Å². The van der Waals surface area contributed by atoms with Crippen LogP contribution >= 0.6 is 69.6 Å². The third-order valence-corrected chi connectivity index (χ3v) is 2.06. The summed E-state index contributed by atoms with van der Waals surface area (Å²) in [7, 11) is 0. The highest BCUT2D eigenvalue weighted by atomic mass is 35.6. The first-order chi connectivity index (χ1) is 6.29. The number of rotatable bonds is 1. The summed E-state index contributed by atoms with van der Waals surface area (Å²) in [6.07, 6.45) is 0. The number of hydrogen-bond acceptors (Lipinski definition) is 3. The lowest BCUT2D eigenvalue weighted by Crippen LogP contribution is -2.14. The van der Waals surface area contributed by atoms with Crippen LogP contribution in [-0.2, 0) is 0 Å². The van der Waals surface area contributed by atoms with Crippen LogP contribution in [0.5, 0.6) is 5.88 Å². The number of halogens is 6. The highest BCUT2D eigenvalue weighted by Gasteiger charge is 2.25. The van der Waals surface area contributed by atoms with E-state index in [1.165, 1.54) is 0 Å². The fourth-order valence-electron chi connectivity index (χ4n) is 0.536. The van der Waals surface area contributed by atoms with Crippen LogP contribution in [0, 0.1) is 0 Å². The third-order valence-electron chi connectivity index (χ3n) is 0.955. The van der Waals surface area contributed by atoms with E-state index in [1.807, 2.05) is 0 Å². The van der Waals surface area contributed by atoms with E-state index in [0.717, 1.165) is 0 Å². The molecule has 1 aromatic heterocycles. The molecular formula is C5Cl6N2O. The molecule has 0 aliphatic heterocycles. The van der Waals surface area contributed by atoms with Gasteiger partial charge < -0.3 is 4.74 Å². The van der Waals surface area contributed by atoms with Crippen molar-refractivity contribution in [3.63, 3.8) is 0 Å². The largest absolute Gasteiger partial charge is 0.425 e. The third kappa shape index (κ3) is 3.65. The Morgan fingerprint density at radius 2 is 1.36 bits per heavy atom. The van der Waals surface area contributed by atoms with Crippen molar-refractivity contribution in [3.8, 4) is 5.88 Å². The summed E-state index contributed by atoms with van der Waals surface area (Å²) in [4.78, 5) is 7.21. The Labute approximate surface area is 109 Å². The summed E-state index contributed by atoms with van der Waals surface area (Å²) >= 11 is 32.7. The SMILES string of the molecule is Clc1nc(Cl)c(OC(Cl)(Cl)Cl)nc1Cl. The molecule has 0 saturated carbocycles. The summed E-state index contributed by atoms with van der Waals surface area (Å²) in [5, 5.41) is -0.306. The number of aromatic nitrogens is 2. The first kappa shape index (κ1) is 12.7. The molecule has 14 heavy (non-hydrogen) atoms. The van der Waals surface area contributed by atoms with Gasteiger partial charge in [-0.1, -0.05) is 34.8 Å². The molecule has 0 amide bonds. The van der Waals surface area contributed by atoms with Crippen LogP contribution in [0.2, 0.25) is 15.5 Å². The van der Waals surface area contributed by atoms with Crippen molar-refractivity contribution in [1.29, 1.82) is 0 Å². The van der Waals surface area contributed by atoms with Crippen molar-refractivity contribution >= 4 is 69.6 Å².